The summed E-state index contributed by atoms with van der Waals surface area (Å²) < 4.78 is 15.1. The molecule has 8 heteroatoms. The lowest BCUT2D eigenvalue weighted by atomic mass is 10.2. The Morgan fingerprint density at radius 1 is 1.22 bits per heavy atom. The Kier molecular flexibility index (Phi) is 4.45. The second kappa shape index (κ2) is 7.06. The van der Waals surface area contributed by atoms with Crippen LogP contribution in [-0.4, -0.2) is 38.0 Å². The molecule has 0 atom stereocenters. The van der Waals surface area contributed by atoms with Gasteiger partial charge in [-0.2, -0.15) is 5.10 Å². The molecule has 0 radical (unpaired) electrons. The number of aryl methyl sites for hydroxylation is 1. The van der Waals surface area contributed by atoms with E-state index in [2.05, 4.69) is 15.4 Å². The Bertz CT molecular complexity index is 980. The van der Waals surface area contributed by atoms with Gasteiger partial charge in [-0.15, -0.1) is 0 Å². The number of rotatable bonds is 3. The number of aromatic amines is 1. The van der Waals surface area contributed by atoms with E-state index in [9.17, 15) is 14.0 Å². The molecular weight excluding hydrogens is 349 g/mol. The molecule has 3 aromatic rings. The van der Waals surface area contributed by atoms with E-state index >= 15 is 0 Å². The van der Waals surface area contributed by atoms with Gasteiger partial charge in [-0.05, 0) is 30.7 Å². The highest BCUT2D eigenvalue weighted by Gasteiger charge is 2.25. The largest absolute Gasteiger partial charge is 0.367 e. The van der Waals surface area contributed by atoms with Crippen LogP contribution in [0, 0.1) is 5.82 Å². The zero-order valence-electron chi connectivity index (χ0n) is 14.5. The van der Waals surface area contributed by atoms with Gasteiger partial charge in [0.1, 0.15) is 5.82 Å². The van der Waals surface area contributed by atoms with Gasteiger partial charge in [-0.25, -0.2) is 4.39 Å². The van der Waals surface area contributed by atoms with E-state index in [-0.39, 0.29) is 18.4 Å². The molecule has 0 saturated carbocycles. The standard InChI is InChI=1S/C19H18FN5O2/c20-14-3-1-4-15(9-14)23-18(26)16-11-22-25-8-2-7-24(12-17(16)25)19(27)13-5-6-21-10-13/h1,3-6,9-11,21H,2,7-8,12H2,(H,23,26). The summed E-state index contributed by atoms with van der Waals surface area (Å²) in [7, 11) is 0. The quantitative estimate of drug-likeness (QED) is 0.747. The van der Waals surface area contributed by atoms with Crippen molar-refractivity contribution in [2.75, 3.05) is 11.9 Å². The Labute approximate surface area is 154 Å². The van der Waals surface area contributed by atoms with Crippen molar-refractivity contribution in [3.05, 3.63) is 71.6 Å². The number of nitrogens with zero attached hydrogens (tertiary/aromatic N) is 3. The summed E-state index contributed by atoms with van der Waals surface area (Å²) in [5, 5.41) is 6.98. The molecule has 2 N–H and O–H groups in total. The Hall–Kier alpha value is -3.42. The smallest absolute Gasteiger partial charge is 0.259 e. The molecule has 0 saturated heterocycles. The Balaban J connectivity index is 1.58. The van der Waals surface area contributed by atoms with Crippen LogP contribution < -0.4 is 5.32 Å². The third-order valence-corrected chi connectivity index (χ3v) is 4.55. The zero-order valence-corrected chi connectivity index (χ0v) is 14.5. The number of halogens is 1. The van der Waals surface area contributed by atoms with Crippen LogP contribution in [0.2, 0.25) is 0 Å². The number of nitrogens with one attached hydrogen (secondary N) is 2. The zero-order chi connectivity index (χ0) is 18.8. The molecule has 0 aliphatic carbocycles. The van der Waals surface area contributed by atoms with Gasteiger partial charge in [0.2, 0.25) is 0 Å². The number of carbonyl (C=O) groups excluding carboxylic acids is 2. The molecule has 7 nitrogen and oxygen atoms in total. The van der Waals surface area contributed by atoms with Crippen LogP contribution in [-0.2, 0) is 13.1 Å². The fourth-order valence-electron chi connectivity index (χ4n) is 3.21. The van der Waals surface area contributed by atoms with E-state index in [1.165, 1.54) is 24.4 Å². The van der Waals surface area contributed by atoms with Gasteiger partial charge in [0.25, 0.3) is 11.8 Å². The van der Waals surface area contributed by atoms with Crippen molar-refractivity contribution in [2.24, 2.45) is 0 Å². The van der Waals surface area contributed by atoms with Crippen LogP contribution in [0.1, 0.15) is 32.8 Å². The van der Waals surface area contributed by atoms with E-state index in [1.807, 2.05) is 0 Å². The van der Waals surface area contributed by atoms with Gasteiger partial charge in [0.05, 0.1) is 29.6 Å². The second-order valence-electron chi connectivity index (χ2n) is 6.37. The Morgan fingerprint density at radius 2 is 2.11 bits per heavy atom. The van der Waals surface area contributed by atoms with Gasteiger partial charge in [-0.3, -0.25) is 14.3 Å². The highest BCUT2D eigenvalue weighted by atomic mass is 19.1. The molecule has 4 rings (SSSR count). The van der Waals surface area contributed by atoms with Crippen LogP contribution >= 0.6 is 0 Å². The fourth-order valence-corrected chi connectivity index (χ4v) is 3.21. The van der Waals surface area contributed by atoms with E-state index in [0.717, 1.165) is 6.42 Å². The molecule has 2 aromatic heterocycles. The average Bonchev–Trinajstić information content (AvgIpc) is 3.27. The normalized spacial score (nSPS) is 13.7. The van der Waals surface area contributed by atoms with Crippen molar-refractivity contribution in [1.82, 2.24) is 19.7 Å². The SMILES string of the molecule is O=C(Nc1cccc(F)c1)c1cnn2c1CN(C(=O)c1cc[nH]c1)CCC2. The predicted molar refractivity (Wildman–Crippen MR) is 96.7 cm³/mol. The van der Waals surface area contributed by atoms with Crippen molar-refractivity contribution < 1.29 is 14.0 Å². The Morgan fingerprint density at radius 3 is 2.89 bits per heavy atom. The molecule has 0 bridgehead atoms. The van der Waals surface area contributed by atoms with Gasteiger partial charge >= 0.3 is 0 Å². The van der Waals surface area contributed by atoms with Gasteiger partial charge in [-0.1, -0.05) is 6.07 Å². The first-order valence-corrected chi connectivity index (χ1v) is 8.65. The molecule has 138 valence electrons. The lowest BCUT2D eigenvalue weighted by Gasteiger charge is -2.20. The number of hydrogen-bond acceptors (Lipinski definition) is 3. The lowest BCUT2D eigenvalue weighted by molar-refractivity contribution is 0.0744. The van der Waals surface area contributed by atoms with Crippen LogP contribution in [0.5, 0.6) is 0 Å². The molecule has 0 spiro atoms. The first-order valence-electron chi connectivity index (χ1n) is 8.65. The minimum absolute atomic E-state index is 0.0950. The second-order valence-corrected chi connectivity index (χ2v) is 6.37. The van der Waals surface area contributed by atoms with Crippen LogP contribution in [0.15, 0.2) is 48.9 Å². The number of amides is 2. The number of H-pyrrole nitrogens is 1. The van der Waals surface area contributed by atoms with E-state index in [0.29, 0.717) is 35.6 Å². The van der Waals surface area contributed by atoms with Crippen molar-refractivity contribution in [3.8, 4) is 0 Å². The summed E-state index contributed by atoms with van der Waals surface area (Å²) in [5.41, 5.74) is 2.00. The number of carbonyl (C=O) groups is 2. The molecule has 3 heterocycles. The highest BCUT2D eigenvalue weighted by molar-refractivity contribution is 6.05. The number of benzene rings is 1. The van der Waals surface area contributed by atoms with E-state index in [1.54, 1.807) is 34.1 Å². The van der Waals surface area contributed by atoms with Crippen molar-refractivity contribution in [1.29, 1.82) is 0 Å². The topological polar surface area (TPSA) is 83.0 Å². The first kappa shape index (κ1) is 17.0. The van der Waals surface area contributed by atoms with Gasteiger partial charge in [0.15, 0.2) is 0 Å². The average molecular weight is 367 g/mol. The number of anilines is 1. The molecular formula is C19H18FN5O2. The van der Waals surface area contributed by atoms with E-state index < -0.39 is 5.82 Å². The number of fused-ring (bicyclic) bond motifs is 1. The molecule has 1 aliphatic rings. The van der Waals surface area contributed by atoms with Crippen molar-refractivity contribution >= 4 is 17.5 Å². The monoisotopic (exact) mass is 367 g/mol. The summed E-state index contributed by atoms with van der Waals surface area (Å²) in [4.78, 5) is 30.0. The number of aromatic nitrogens is 3. The third-order valence-electron chi connectivity index (χ3n) is 4.55. The molecule has 0 unspecified atom stereocenters. The van der Waals surface area contributed by atoms with Gasteiger partial charge < -0.3 is 15.2 Å². The maximum atomic E-state index is 13.3. The maximum absolute atomic E-state index is 13.3. The predicted octanol–water partition coefficient (Wildman–Crippen LogP) is 2.65. The first-order chi connectivity index (χ1) is 13.1. The fraction of sp³-hybridized carbons (Fsp3) is 0.211. The van der Waals surface area contributed by atoms with Crippen molar-refractivity contribution in [2.45, 2.75) is 19.5 Å². The maximum Gasteiger partial charge on any atom is 0.259 e. The summed E-state index contributed by atoms with van der Waals surface area (Å²) in [6.07, 6.45) is 5.60. The third kappa shape index (κ3) is 3.46. The molecule has 1 aromatic carbocycles. The van der Waals surface area contributed by atoms with Crippen LogP contribution in [0.25, 0.3) is 0 Å². The van der Waals surface area contributed by atoms with Crippen molar-refractivity contribution in [3.63, 3.8) is 0 Å². The molecule has 27 heavy (non-hydrogen) atoms. The molecule has 0 fully saturated rings. The summed E-state index contributed by atoms with van der Waals surface area (Å²) >= 11 is 0. The van der Waals surface area contributed by atoms with E-state index in [4.69, 9.17) is 0 Å². The molecule has 2 amide bonds. The van der Waals surface area contributed by atoms with Crippen LogP contribution in [0.4, 0.5) is 10.1 Å². The highest BCUT2D eigenvalue weighted by Crippen LogP contribution is 2.20. The number of hydrogen-bond donors (Lipinski definition) is 2. The van der Waals surface area contributed by atoms with Crippen LogP contribution in [0.3, 0.4) is 0 Å². The summed E-state index contributed by atoms with van der Waals surface area (Å²) in [6, 6.07) is 7.43. The molecule has 1 aliphatic heterocycles. The summed E-state index contributed by atoms with van der Waals surface area (Å²) in [5.74, 6) is -0.898. The minimum Gasteiger partial charge on any atom is -0.367 e. The van der Waals surface area contributed by atoms with Gasteiger partial charge in [0, 0.05) is 31.2 Å². The minimum atomic E-state index is -0.426. The lowest BCUT2D eigenvalue weighted by Crippen LogP contribution is -2.31. The summed E-state index contributed by atoms with van der Waals surface area (Å²) in [6.45, 7) is 1.49.